The van der Waals surface area contributed by atoms with Gasteiger partial charge in [-0.2, -0.15) is 0 Å². The maximum Gasteiger partial charge on any atom is 0.264 e. The number of halogens is 1. The van der Waals surface area contributed by atoms with Crippen molar-refractivity contribution in [3.63, 3.8) is 0 Å². The average Bonchev–Trinajstić information content (AvgIpc) is 3.03. The predicted octanol–water partition coefficient (Wildman–Crippen LogP) is 2.18. The topological polar surface area (TPSA) is 37.8 Å². The quantitative estimate of drug-likeness (QED) is 0.824. The predicted molar refractivity (Wildman–Crippen MR) is 58.3 cm³/mol. The Morgan fingerprint density at radius 1 is 1.31 bits per heavy atom. The molecule has 82 valence electrons. The number of nitrogens with zero attached hydrogens (tertiary/aromatic N) is 1. The van der Waals surface area contributed by atoms with Crippen LogP contribution < -0.4 is 5.56 Å². The van der Waals surface area contributed by atoms with E-state index in [1.54, 1.807) is 28.9 Å². The molecule has 2 aromatic rings. The first-order valence-electron chi connectivity index (χ1n) is 5.32. The minimum atomic E-state index is -0.323. The third kappa shape index (κ3) is 1.46. The highest BCUT2D eigenvalue weighted by Gasteiger charge is 2.28. The SMILES string of the molecule is O=c1cc(C2CC2)n(-c2ccccc2F)[nH]1. The fraction of sp³-hybridized carbons (Fsp3) is 0.250. The molecule has 1 aromatic heterocycles. The zero-order chi connectivity index (χ0) is 11.1. The summed E-state index contributed by atoms with van der Waals surface area (Å²) in [6.07, 6.45) is 2.15. The van der Waals surface area contributed by atoms with Gasteiger partial charge in [-0.15, -0.1) is 0 Å². The first kappa shape index (κ1) is 9.39. The second-order valence-electron chi connectivity index (χ2n) is 4.11. The Hall–Kier alpha value is -1.84. The zero-order valence-electron chi connectivity index (χ0n) is 8.61. The lowest BCUT2D eigenvalue weighted by Crippen LogP contribution is -2.06. The van der Waals surface area contributed by atoms with Crippen molar-refractivity contribution in [1.82, 2.24) is 9.78 Å². The van der Waals surface area contributed by atoms with Crippen LogP contribution in [-0.4, -0.2) is 9.78 Å². The molecule has 3 rings (SSSR count). The molecule has 1 N–H and O–H groups in total. The van der Waals surface area contributed by atoms with Crippen LogP contribution >= 0.6 is 0 Å². The van der Waals surface area contributed by atoms with Gasteiger partial charge in [0.15, 0.2) is 0 Å². The summed E-state index contributed by atoms with van der Waals surface area (Å²) in [7, 11) is 0. The molecule has 1 aliphatic rings. The summed E-state index contributed by atoms with van der Waals surface area (Å²) in [5.74, 6) is 0.0785. The first-order valence-corrected chi connectivity index (χ1v) is 5.32. The molecule has 0 atom stereocenters. The van der Waals surface area contributed by atoms with Crippen LogP contribution in [0.4, 0.5) is 4.39 Å². The van der Waals surface area contributed by atoms with Crippen LogP contribution in [0.25, 0.3) is 5.69 Å². The molecule has 3 nitrogen and oxygen atoms in total. The number of aromatic amines is 1. The van der Waals surface area contributed by atoms with E-state index in [2.05, 4.69) is 5.10 Å². The number of hydrogen-bond acceptors (Lipinski definition) is 1. The van der Waals surface area contributed by atoms with Crippen molar-refractivity contribution in [1.29, 1.82) is 0 Å². The summed E-state index contributed by atoms with van der Waals surface area (Å²) in [6, 6.07) is 8.01. The summed E-state index contributed by atoms with van der Waals surface area (Å²) in [5.41, 5.74) is 1.12. The summed E-state index contributed by atoms with van der Waals surface area (Å²) in [5, 5.41) is 2.64. The molecular formula is C12H11FN2O. The molecule has 1 fully saturated rings. The van der Waals surface area contributed by atoms with Gasteiger partial charge in [-0.25, -0.2) is 4.39 Å². The van der Waals surface area contributed by atoms with Crippen molar-refractivity contribution in [2.45, 2.75) is 18.8 Å². The van der Waals surface area contributed by atoms with Gasteiger partial charge in [-0.1, -0.05) is 12.1 Å². The van der Waals surface area contributed by atoms with Gasteiger partial charge in [0.25, 0.3) is 5.56 Å². The van der Waals surface area contributed by atoms with Crippen LogP contribution in [0.1, 0.15) is 24.5 Å². The Labute approximate surface area is 91.5 Å². The number of aromatic nitrogens is 2. The first-order chi connectivity index (χ1) is 7.75. The summed E-state index contributed by atoms with van der Waals surface area (Å²) in [6.45, 7) is 0. The van der Waals surface area contributed by atoms with E-state index < -0.39 is 0 Å². The van der Waals surface area contributed by atoms with E-state index in [1.165, 1.54) is 6.07 Å². The average molecular weight is 218 g/mol. The van der Waals surface area contributed by atoms with Crippen LogP contribution in [0.15, 0.2) is 35.1 Å². The van der Waals surface area contributed by atoms with Gasteiger partial charge >= 0.3 is 0 Å². The molecule has 1 aliphatic carbocycles. The molecule has 16 heavy (non-hydrogen) atoms. The highest BCUT2D eigenvalue weighted by molar-refractivity contribution is 5.35. The van der Waals surface area contributed by atoms with Crippen molar-refractivity contribution in [3.05, 3.63) is 52.2 Å². The van der Waals surface area contributed by atoms with Crippen LogP contribution in [-0.2, 0) is 0 Å². The zero-order valence-corrected chi connectivity index (χ0v) is 8.61. The van der Waals surface area contributed by atoms with Gasteiger partial charge in [0.05, 0.1) is 5.69 Å². The van der Waals surface area contributed by atoms with Gasteiger partial charge in [-0.05, 0) is 25.0 Å². The molecule has 0 unspecified atom stereocenters. The smallest absolute Gasteiger partial charge is 0.264 e. The van der Waals surface area contributed by atoms with E-state index in [0.29, 0.717) is 11.6 Å². The summed E-state index contributed by atoms with van der Waals surface area (Å²) >= 11 is 0. The van der Waals surface area contributed by atoms with Gasteiger partial charge in [0, 0.05) is 17.7 Å². The Kier molecular flexibility index (Phi) is 1.96. The number of rotatable bonds is 2. The molecule has 1 saturated carbocycles. The molecule has 0 spiro atoms. The van der Waals surface area contributed by atoms with Crippen LogP contribution in [0.2, 0.25) is 0 Å². The number of hydrogen-bond donors (Lipinski definition) is 1. The number of nitrogens with one attached hydrogen (secondary N) is 1. The lowest BCUT2D eigenvalue weighted by atomic mass is 10.2. The molecule has 1 aromatic carbocycles. The maximum atomic E-state index is 13.6. The largest absolute Gasteiger partial charge is 0.268 e. The number of H-pyrrole nitrogens is 1. The highest BCUT2D eigenvalue weighted by atomic mass is 19.1. The summed E-state index contributed by atoms with van der Waals surface area (Å²) < 4.78 is 15.2. The van der Waals surface area contributed by atoms with E-state index in [4.69, 9.17) is 0 Å². The highest BCUT2D eigenvalue weighted by Crippen LogP contribution is 2.40. The van der Waals surface area contributed by atoms with Gasteiger partial charge < -0.3 is 0 Å². The molecule has 0 amide bonds. The lowest BCUT2D eigenvalue weighted by molar-refractivity contribution is 0.606. The minimum Gasteiger partial charge on any atom is -0.268 e. The fourth-order valence-electron chi connectivity index (χ4n) is 1.92. The summed E-state index contributed by atoms with van der Waals surface area (Å²) in [4.78, 5) is 11.3. The monoisotopic (exact) mass is 218 g/mol. The van der Waals surface area contributed by atoms with Crippen molar-refractivity contribution < 1.29 is 4.39 Å². The van der Waals surface area contributed by atoms with Crippen molar-refractivity contribution >= 4 is 0 Å². The molecular weight excluding hydrogens is 207 g/mol. The molecule has 4 heteroatoms. The van der Waals surface area contributed by atoms with E-state index >= 15 is 0 Å². The third-order valence-electron chi connectivity index (χ3n) is 2.85. The van der Waals surface area contributed by atoms with Crippen molar-refractivity contribution in [3.8, 4) is 5.69 Å². The number of benzene rings is 1. The third-order valence-corrected chi connectivity index (χ3v) is 2.85. The standard InChI is InChI=1S/C12H11FN2O/c13-9-3-1-2-4-10(9)15-11(8-5-6-8)7-12(16)14-15/h1-4,7-8H,5-6H2,(H,14,16). The second-order valence-corrected chi connectivity index (χ2v) is 4.11. The molecule has 1 heterocycles. The normalized spacial score (nSPS) is 15.3. The number of para-hydroxylation sites is 1. The van der Waals surface area contributed by atoms with Gasteiger partial charge in [0.2, 0.25) is 0 Å². The molecule has 0 radical (unpaired) electrons. The van der Waals surface area contributed by atoms with Crippen molar-refractivity contribution in [2.24, 2.45) is 0 Å². The van der Waals surface area contributed by atoms with E-state index in [-0.39, 0.29) is 11.4 Å². The molecule has 0 saturated heterocycles. The van der Waals surface area contributed by atoms with E-state index in [9.17, 15) is 9.18 Å². The fourth-order valence-corrected chi connectivity index (χ4v) is 1.92. The maximum absolute atomic E-state index is 13.6. The Morgan fingerprint density at radius 2 is 2.06 bits per heavy atom. The minimum absolute atomic E-state index is 0.176. The Morgan fingerprint density at radius 3 is 2.75 bits per heavy atom. The van der Waals surface area contributed by atoms with Crippen LogP contribution in [0, 0.1) is 5.82 Å². The second kappa shape index (κ2) is 3.33. The van der Waals surface area contributed by atoms with E-state index in [0.717, 1.165) is 18.5 Å². The van der Waals surface area contributed by atoms with Crippen LogP contribution in [0.3, 0.4) is 0 Å². The molecule has 0 aliphatic heterocycles. The Balaban J connectivity index is 2.19. The van der Waals surface area contributed by atoms with E-state index in [1.807, 2.05) is 0 Å². The lowest BCUT2D eigenvalue weighted by Gasteiger charge is -2.07. The van der Waals surface area contributed by atoms with Gasteiger partial charge in [0.1, 0.15) is 5.82 Å². The van der Waals surface area contributed by atoms with Crippen molar-refractivity contribution in [2.75, 3.05) is 0 Å². The van der Waals surface area contributed by atoms with Gasteiger partial charge in [-0.3, -0.25) is 14.6 Å². The van der Waals surface area contributed by atoms with Crippen LogP contribution in [0.5, 0.6) is 0 Å². The molecule has 0 bridgehead atoms. The Bertz CT molecular complexity index is 581.